The van der Waals surface area contributed by atoms with E-state index in [1.807, 2.05) is 19.1 Å². The number of nitrogens with zero attached hydrogens (tertiary/aromatic N) is 4. The Morgan fingerprint density at radius 1 is 1.06 bits per heavy atom. The highest BCUT2D eigenvalue weighted by Gasteiger charge is 2.26. The van der Waals surface area contributed by atoms with Gasteiger partial charge in [-0.1, -0.05) is 43.1 Å². The lowest BCUT2D eigenvalue weighted by Crippen LogP contribution is -2.26. The number of rotatable bonds is 9. The van der Waals surface area contributed by atoms with Crippen LogP contribution in [0, 0.1) is 0 Å². The minimum atomic E-state index is -0.576. The Morgan fingerprint density at radius 3 is 2.37 bits per heavy atom. The Morgan fingerprint density at radius 2 is 1.74 bits per heavy atom. The largest absolute Gasteiger partial charge is 0.494 e. The summed E-state index contributed by atoms with van der Waals surface area (Å²) in [5.74, 6) is 0.856. The topological polar surface area (TPSA) is 113 Å². The zero-order valence-electron chi connectivity index (χ0n) is 19.6. The molecule has 0 atom stereocenters. The molecule has 35 heavy (non-hydrogen) atoms. The zero-order valence-corrected chi connectivity index (χ0v) is 20.4. The van der Waals surface area contributed by atoms with Crippen LogP contribution in [0.1, 0.15) is 37.0 Å². The number of hydrogen-bond donors (Lipinski definition) is 1. The summed E-state index contributed by atoms with van der Waals surface area (Å²) in [5, 5.41) is 19.4. The first-order valence-corrected chi connectivity index (χ1v) is 11.5. The standard InChI is InChI=1S/C25H25ClN4O5/c1-4-5-9-19-27-23(31)21(24-29-28-20(35-24)14-15-10-12-16(26)13-11-15)25(32)30(19)22-17(33-2)7-6-8-18(22)34-3/h6-8,10-13,31H,4-5,9,14H2,1-3H3. The first kappa shape index (κ1) is 24.3. The van der Waals surface area contributed by atoms with Crippen molar-refractivity contribution in [3.05, 3.63) is 75.1 Å². The fourth-order valence-electron chi connectivity index (χ4n) is 3.73. The maximum Gasteiger partial charge on any atom is 0.275 e. The van der Waals surface area contributed by atoms with Crippen molar-refractivity contribution in [2.75, 3.05) is 14.2 Å². The van der Waals surface area contributed by atoms with Crippen molar-refractivity contribution in [1.82, 2.24) is 19.7 Å². The molecule has 2 aromatic carbocycles. The predicted molar refractivity (Wildman–Crippen MR) is 131 cm³/mol. The molecule has 0 spiro atoms. The maximum absolute atomic E-state index is 13.8. The molecule has 0 amide bonds. The number of ether oxygens (including phenoxy) is 2. The maximum atomic E-state index is 13.8. The number of methoxy groups -OCH3 is 2. The molecule has 0 bridgehead atoms. The Balaban J connectivity index is 1.86. The molecule has 4 rings (SSSR count). The summed E-state index contributed by atoms with van der Waals surface area (Å²) < 4.78 is 18.2. The fraction of sp³-hybridized carbons (Fsp3) is 0.280. The second kappa shape index (κ2) is 10.6. The number of aryl methyl sites for hydroxylation is 1. The van der Waals surface area contributed by atoms with Crippen LogP contribution in [0.5, 0.6) is 17.4 Å². The number of benzene rings is 2. The molecular weight excluding hydrogens is 472 g/mol. The van der Waals surface area contributed by atoms with Crippen molar-refractivity contribution >= 4 is 11.6 Å². The summed E-state index contributed by atoms with van der Waals surface area (Å²) in [6, 6.07) is 12.4. The van der Waals surface area contributed by atoms with Crippen molar-refractivity contribution in [3.8, 4) is 34.5 Å². The molecule has 10 heteroatoms. The van der Waals surface area contributed by atoms with E-state index in [0.29, 0.717) is 40.9 Å². The van der Waals surface area contributed by atoms with Gasteiger partial charge in [-0.3, -0.25) is 9.36 Å². The van der Waals surface area contributed by atoms with E-state index in [9.17, 15) is 9.90 Å². The number of aromatic hydroxyl groups is 1. The highest BCUT2D eigenvalue weighted by Crippen LogP contribution is 2.34. The van der Waals surface area contributed by atoms with E-state index in [1.165, 1.54) is 18.8 Å². The second-order valence-corrected chi connectivity index (χ2v) is 8.22. The van der Waals surface area contributed by atoms with Gasteiger partial charge in [0.05, 0.1) is 20.6 Å². The average molecular weight is 497 g/mol. The summed E-state index contributed by atoms with van der Waals surface area (Å²) in [6.07, 6.45) is 2.42. The van der Waals surface area contributed by atoms with Gasteiger partial charge in [0.15, 0.2) is 5.56 Å². The smallest absolute Gasteiger partial charge is 0.275 e. The van der Waals surface area contributed by atoms with Gasteiger partial charge in [-0.25, -0.2) is 0 Å². The van der Waals surface area contributed by atoms with E-state index < -0.39 is 11.4 Å². The zero-order chi connectivity index (χ0) is 24.9. The lowest BCUT2D eigenvalue weighted by molar-refractivity contribution is 0.388. The molecule has 0 aliphatic rings. The van der Waals surface area contributed by atoms with E-state index in [-0.39, 0.29) is 17.3 Å². The van der Waals surface area contributed by atoms with E-state index in [1.54, 1.807) is 30.3 Å². The Labute approximate surface area is 206 Å². The van der Waals surface area contributed by atoms with Crippen LogP contribution in [-0.2, 0) is 12.8 Å². The van der Waals surface area contributed by atoms with E-state index >= 15 is 0 Å². The molecule has 0 saturated heterocycles. The molecule has 0 radical (unpaired) electrons. The summed E-state index contributed by atoms with van der Waals surface area (Å²) >= 11 is 5.95. The Hall–Kier alpha value is -3.85. The van der Waals surface area contributed by atoms with Crippen molar-refractivity contribution in [3.63, 3.8) is 0 Å². The molecule has 9 nitrogen and oxygen atoms in total. The number of aromatic nitrogens is 4. The minimum absolute atomic E-state index is 0.131. The first-order valence-electron chi connectivity index (χ1n) is 11.1. The van der Waals surface area contributed by atoms with Crippen LogP contribution in [0.15, 0.2) is 51.7 Å². The minimum Gasteiger partial charge on any atom is -0.494 e. The van der Waals surface area contributed by atoms with Gasteiger partial charge in [-0.15, -0.1) is 10.2 Å². The first-order chi connectivity index (χ1) is 17.0. The number of halogens is 1. The quantitative estimate of drug-likeness (QED) is 0.358. The van der Waals surface area contributed by atoms with Gasteiger partial charge in [0.2, 0.25) is 11.8 Å². The van der Waals surface area contributed by atoms with Gasteiger partial charge < -0.3 is 19.0 Å². The van der Waals surface area contributed by atoms with Crippen molar-refractivity contribution in [1.29, 1.82) is 0 Å². The van der Waals surface area contributed by atoms with Crippen LogP contribution in [0.4, 0.5) is 0 Å². The summed E-state index contributed by atoms with van der Waals surface area (Å²) in [5.41, 5.74) is 0.502. The number of unbranched alkanes of at least 4 members (excludes halogenated alkanes) is 1. The third-order valence-corrected chi connectivity index (χ3v) is 5.71. The highest BCUT2D eigenvalue weighted by molar-refractivity contribution is 6.30. The Kier molecular flexibility index (Phi) is 7.36. The second-order valence-electron chi connectivity index (χ2n) is 7.79. The van der Waals surface area contributed by atoms with Gasteiger partial charge in [0.25, 0.3) is 11.4 Å². The molecule has 182 valence electrons. The van der Waals surface area contributed by atoms with Crippen molar-refractivity contribution in [2.24, 2.45) is 0 Å². The molecule has 4 aromatic rings. The summed E-state index contributed by atoms with van der Waals surface area (Å²) in [7, 11) is 3.01. The third-order valence-electron chi connectivity index (χ3n) is 5.46. The van der Waals surface area contributed by atoms with Gasteiger partial charge in [-0.05, 0) is 36.2 Å². The molecule has 1 N–H and O–H groups in total. The van der Waals surface area contributed by atoms with Gasteiger partial charge in [-0.2, -0.15) is 4.98 Å². The normalized spacial score (nSPS) is 11.0. The predicted octanol–water partition coefficient (Wildman–Crippen LogP) is 4.59. The average Bonchev–Trinajstić information content (AvgIpc) is 3.31. The molecule has 0 saturated carbocycles. The van der Waals surface area contributed by atoms with Crippen molar-refractivity contribution in [2.45, 2.75) is 32.6 Å². The molecule has 0 aliphatic carbocycles. The number of hydrogen-bond acceptors (Lipinski definition) is 8. The summed E-state index contributed by atoms with van der Waals surface area (Å²) in [4.78, 5) is 18.2. The molecule has 0 unspecified atom stereocenters. The van der Waals surface area contributed by atoms with Crippen molar-refractivity contribution < 1.29 is 19.0 Å². The highest BCUT2D eigenvalue weighted by atomic mass is 35.5. The molecule has 2 aromatic heterocycles. The monoisotopic (exact) mass is 496 g/mol. The lowest BCUT2D eigenvalue weighted by atomic mass is 10.1. The molecule has 0 fully saturated rings. The SMILES string of the molecule is CCCCc1nc(O)c(-c2nnc(Cc3ccc(Cl)cc3)o2)c(=O)n1-c1c(OC)cccc1OC. The molecule has 0 aliphatic heterocycles. The van der Waals surface area contributed by atoms with E-state index in [2.05, 4.69) is 15.2 Å². The Bertz CT molecular complexity index is 1360. The van der Waals surface area contributed by atoms with Crippen LogP contribution in [0.3, 0.4) is 0 Å². The molecule has 2 heterocycles. The van der Waals surface area contributed by atoms with Crippen LogP contribution in [0.2, 0.25) is 5.02 Å². The summed E-state index contributed by atoms with van der Waals surface area (Å²) in [6.45, 7) is 2.03. The third kappa shape index (κ3) is 5.00. The van der Waals surface area contributed by atoms with Gasteiger partial charge in [0.1, 0.15) is 23.0 Å². The van der Waals surface area contributed by atoms with Crippen LogP contribution in [-0.4, -0.2) is 39.1 Å². The van der Waals surface area contributed by atoms with Gasteiger partial charge >= 0.3 is 0 Å². The lowest BCUT2D eigenvalue weighted by Gasteiger charge is -2.18. The van der Waals surface area contributed by atoms with Crippen LogP contribution >= 0.6 is 11.6 Å². The van der Waals surface area contributed by atoms with Crippen LogP contribution < -0.4 is 15.0 Å². The van der Waals surface area contributed by atoms with Gasteiger partial charge in [0, 0.05) is 11.4 Å². The van der Waals surface area contributed by atoms with E-state index in [0.717, 1.165) is 18.4 Å². The molecular formula is C25H25ClN4O5. The van der Waals surface area contributed by atoms with Crippen LogP contribution in [0.25, 0.3) is 17.1 Å². The number of para-hydroxylation sites is 1. The van der Waals surface area contributed by atoms with E-state index in [4.69, 9.17) is 25.5 Å². The fourth-order valence-corrected chi connectivity index (χ4v) is 3.85.